The molecule has 1 N–H and O–H groups in total. The van der Waals surface area contributed by atoms with Gasteiger partial charge in [-0.25, -0.2) is 4.99 Å². The zero-order valence-electron chi connectivity index (χ0n) is 16.4. The van der Waals surface area contributed by atoms with Crippen LogP contribution in [-0.4, -0.2) is 15.8 Å². The lowest BCUT2D eigenvalue weighted by molar-refractivity contribution is 0.898. The van der Waals surface area contributed by atoms with Gasteiger partial charge in [0.15, 0.2) is 0 Å². The summed E-state index contributed by atoms with van der Waals surface area (Å²) in [5.41, 5.74) is 2.12. The number of benzene rings is 2. The molecule has 27 heavy (non-hydrogen) atoms. The van der Waals surface area contributed by atoms with Crippen LogP contribution in [0.25, 0.3) is 0 Å². The Balaban J connectivity index is 0.000000488. The fourth-order valence-electron chi connectivity index (χ4n) is 1.91. The summed E-state index contributed by atoms with van der Waals surface area (Å²) in [5.74, 6) is 2.00. The van der Waals surface area contributed by atoms with Crippen LogP contribution in [-0.2, 0) is 0 Å². The minimum atomic E-state index is 0. The molecule has 0 atom stereocenters. The number of hydrogen-bond donors (Lipinski definition) is 1. The summed E-state index contributed by atoms with van der Waals surface area (Å²) >= 11 is 6.98. The molecule has 0 radical (unpaired) electrons. The molecule has 2 nitrogen and oxygen atoms in total. The number of thioether (sulfide) groups is 1. The quantitative estimate of drug-likeness (QED) is 0.313. The first-order valence-corrected chi connectivity index (χ1v) is 10.5. The lowest BCUT2D eigenvalue weighted by atomic mass is 10.2. The first-order chi connectivity index (χ1) is 12.4. The molecule has 148 valence electrons. The van der Waals surface area contributed by atoms with E-state index in [4.69, 9.17) is 12.2 Å². The summed E-state index contributed by atoms with van der Waals surface area (Å²) in [7, 11) is 0. The van der Waals surface area contributed by atoms with Gasteiger partial charge in [0.05, 0.1) is 15.7 Å². The molecule has 0 saturated heterocycles. The minimum Gasteiger partial charge on any atom is -0.350 e. The summed E-state index contributed by atoms with van der Waals surface area (Å²) < 4.78 is 0. The highest BCUT2D eigenvalue weighted by molar-refractivity contribution is 8.13. The van der Waals surface area contributed by atoms with Crippen LogP contribution < -0.4 is 5.32 Å². The van der Waals surface area contributed by atoms with E-state index in [9.17, 15) is 0 Å². The third-order valence-electron chi connectivity index (χ3n) is 3.35. The van der Waals surface area contributed by atoms with Gasteiger partial charge in [-0.1, -0.05) is 90.7 Å². The third-order valence-corrected chi connectivity index (χ3v) is 5.07. The highest BCUT2D eigenvalue weighted by atomic mass is 32.2. The molecule has 0 fully saturated rings. The van der Waals surface area contributed by atoms with E-state index in [2.05, 4.69) is 44.9 Å². The summed E-state index contributed by atoms with van der Waals surface area (Å²) in [6.45, 7) is 10.7. The molecule has 0 amide bonds. The normalized spacial score (nSPS) is 10.7. The maximum Gasteiger partial charge on any atom is 0.0823 e. The predicted octanol–water partition coefficient (Wildman–Crippen LogP) is 7.84. The Labute approximate surface area is 175 Å². The van der Waals surface area contributed by atoms with Gasteiger partial charge in [-0.05, 0) is 30.0 Å². The fourth-order valence-corrected chi connectivity index (χ4v) is 2.83. The van der Waals surface area contributed by atoms with E-state index in [-0.39, 0.29) is 7.43 Å². The van der Waals surface area contributed by atoms with Gasteiger partial charge in [-0.3, -0.25) is 0 Å². The Morgan fingerprint density at radius 2 is 1.44 bits per heavy atom. The molecule has 0 aliphatic heterocycles. The molecule has 2 aromatic carbocycles. The average Bonchev–Trinajstić information content (AvgIpc) is 2.63. The maximum atomic E-state index is 5.15. The Morgan fingerprint density at radius 1 is 0.926 bits per heavy atom. The van der Waals surface area contributed by atoms with Crippen LogP contribution in [0, 0.1) is 11.8 Å². The molecule has 0 aromatic heterocycles. The number of para-hydroxylation sites is 2. The largest absolute Gasteiger partial charge is 0.350 e. The van der Waals surface area contributed by atoms with Crippen LogP contribution >= 0.6 is 24.0 Å². The number of nitrogens with one attached hydrogen (secondary N) is 1. The smallest absolute Gasteiger partial charge is 0.0823 e. The zero-order valence-corrected chi connectivity index (χ0v) is 18.0. The summed E-state index contributed by atoms with van der Waals surface area (Å²) in [6, 6.07) is 20.1. The Hall–Kier alpha value is -1.65. The number of rotatable bonds is 5. The van der Waals surface area contributed by atoms with Crippen molar-refractivity contribution in [1.29, 1.82) is 0 Å². The zero-order chi connectivity index (χ0) is 19.4. The molecule has 2 aromatic rings. The van der Waals surface area contributed by atoms with Crippen LogP contribution in [0.1, 0.15) is 42.0 Å². The molecule has 0 aliphatic carbocycles. The van der Waals surface area contributed by atoms with Crippen molar-refractivity contribution in [3.8, 4) is 0 Å². The maximum absolute atomic E-state index is 5.15. The molecule has 0 aliphatic rings. The third kappa shape index (κ3) is 10.9. The Kier molecular flexibility index (Phi) is 13.5. The van der Waals surface area contributed by atoms with E-state index in [1.165, 1.54) is 5.04 Å². The van der Waals surface area contributed by atoms with Crippen molar-refractivity contribution >= 4 is 45.4 Å². The van der Waals surface area contributed by atoms with Gasteiger partial charge in [-0.15, -0.1) is 11.8 Å². The van der Waals surface area contributed by atoms with Gasteiger partial charge < -0.3 is 5.32 Å². The van der Waals surface area contributed by atoms with E-state index < -0.39 is 0 Å². The second kappa shape index (κ2) is 14.4. The van der Waals surface area contributed by atoms with Gasteiger partial charge in [-0.2, -0.15) is 0 Å². The lowest BCUT2D eigenvalue weighted by Gasteiger charge is -2.09. The monoisotopic (exact) mass is 402 g/mol. The highest BCUT2D eigenvalue weighted by Gasteiger charge is 2.04. The number of nitrogens with zero attached hydrogens (tertiary/aromatic N) is 1. The van der Waals surface area contributed by atoms with Gasteiger partial charge >= 0.3 is 0 Å². The fraction of sp³-hybridized carbons (Fsp3) is 0.391. The molecule has 2 rings (SSSR count). The van der Waals surface area contributed by atoms with Crippen molar-refractivity contribution < 1.29 is 0 Å². The number of thiocarbonyl (C=S) groups is 1. The predicted molar refractivity (Wildman–Crippen MR) is 131 cm³/mol. The van der Waals surface area contributed by atoms with Crippen molar-refractivity contribution in [2.24, 2.45) is 16.8 Å². The molecule has 0 spiro atoms. The van der Waals surface area contributed by atoms with Gasteiger partial charge in [0.2, 0.25) is 0 Å². The second-order valence-electron chi connectivity index (χ2n) is 6.38. The van der Waals surface area contributed by atoms with Crippen LogP contribution in [0.15, 0.2) is 65.7 Å². The van der Waals surface area contributed by atoms with Crippen LogP contribution in [0.5, 0.6) is 0 Å². The molecule has 4 heteroatoms. The standard InChI is InChI=1S/C12H17NS.C10H13NS.CH4/c1-4-14-12(10(2)3)13-11-8-6-5-7-9-11;1-8(2)10(12)11-9-6-4-3-5-7-9;/h5-10H,4H2,1-3H3;3-8H,1-2H3,(H,11,12);1H4. The Morgan fingerprint density at radius 3 is 1.89 bits per heavy atom. The molecule has 0 bridgehead atoms. The summed E-state index contributed by atoms with van der Waals surface area (Å²) in [5, 5.41) is 4.39. The van der Waals surface area contributed by atoms with Crippen molar-refractivity contribution in [2.45, 2.75) is 42.0 Å². The highest BCUT2D eigenvalue weighted by Crippen LogP contribution is 2.19. The molecule has 0 unspecified atom stereocenters. The minimum absolute atomic E-state index is 0. The Bertz CT molecular complexity index is 665. The number of hydrogen-bond acceptors (Lipinski definition) is 3. The first kappa shape index (κ1) is 25.4. The van der Waals surface area contributed by atoms with Gasteiger partial charge in [0.25, 0.3) is 0 Å². The van der Waals surface area contributed by atoms with Crippen molar-refractivity contribution in [1.82, 2.24) is 0 Å². The number of anilines is 1. The average molecular weight is 403 g/mol. The van der Waals surface area contributed by atoms with Gasteiger partial charge in [0.1, 0.15) is 0 Å². The van der Waals surface area contributed by atoms with Crippen molar-refractivity contribution in [3.05, 3.63) is 60.7 Å². The summed E-state index contributed by atoms with van der Waals surface area (Å²) in [6.07, 6.45) is 0. The van der Waals surface area contributed by atoms with Crippen molar-refractivity contribution in [3.63, 3.8) is 0 Å². The molecule has 0 heterocycles. The second-order valence-corrected chi connectivity index (χ2v) is 8.11. The summed E-state index contributed by atoms with van der Waals surface area (Å²) in [4.78, 5) is 5.52. The van der Waals surface area contributed by atoms with Gasteiger partial charge in [0, 0.05) is 17.5 Å². The lowest BCUT2D eigenvalue weighted by Crippen LogP contribution is -2.15. The van der Waals surface area contributed by atoms with Crippen molar-refractivity contribution in [2.75, 3.05) is 11.1 Å². The molecular weight excluding hydrogens is 368 g/mol. The van der Waals surface area contributed by atoms with E-state index in [1.54, 1.807) is 0 Å². The molecular formula is C23H34N2S2. The van der Waals surface area contributed by atoms with Crippen LogP contribution in [0.3, 0.4) is 0 Å². The SMILES string of the molecule is C.CC(C)C(=S)Nc1ccccc1.CCSC(=Nc1ccccc1)C(C)C. The van der Waals surface area contributed by atoms with E-state index in [1.807, 2.05) is 72.4 Å². The van der Waals surface area contributed by atoms with E-state index in [0.29, 0.717) is 11.8 Å². The van der Waals surface area contributed by atoms with E-state index in [0.717, 1.165) is 22.1 Å². The molecule has 0 saturated carbocycles. The van der Waals surface area contributed by atoms with Crippen LogP contribution in [0.4, 0.5) is 11.4 Å². The topological polar surface area (TPSA) is 24.4 Å². The number of aliphatic imine (C=N–C) groups is 1. The van der Waals surface area contributed by atoms with Crippen LogP contribution in [0.2, 0.25) is 0 Å². The first-order valence-electron chi connectivity index (χ1n) is 9.06. The van der Waals surface area contributed by atoms with E-state index >= 15 is 0 Å².